The van der Waals surface area contributed by atoms with Crippen molar-refractivity contribution in [2.24, 2.45) is 0 Å². The fourth-order valence-corrected chi connectivity index (χ4v) is 1.90. The van der Waals surface area contributed by atoms with Crippen LogP contribution in [0.4, 0.5) is 15.8 Å². The average molecular weight is 318 g/mol. The molecule has 0 spiro atoms. The summed E-state index contributed by atoms with van der Waals surface area (Å²) < 4.78 is 19.2. The maximum absolute atomic E-state index is 13.7. The number of anilines is 1. The van der Waals surface area contributed by atoms with Crippen molar-refractivity contribution in [2.75, 3.05) is 11.9 Å². The number of carbonyl (C=O) groups excluding carboxylic acids is 1. The van der Waals surface area contributed by atoms with Crippen LogP contribution in [0.3, 0.4) is 0 Å². The molecular formula is C16H15FN2O4. The molecule has 0 unspecified atom stereocenters. The van der Waals surface area contributed by atoms with Gasteiger partial charge in [-0.1, -0.05) is 19.1 Å². The molecule has 6 nitrogen and oxygen atoms in total. The Morgan fingerprint density at radius 2 is 2.04 bits per heavy atom. The van der Waals surface area contributed by atoms with E-state index < -0.39 is 16.6 Å². The minimum atomic E-state index is -0.754. The number of ether oxygens (including phenoxy) is 1. The standard InChI is InChI=1S/C16H15FN2O4/c1-2-9-23-15-6-4-3-5-12(15)16(20)18-14-10-11(19(21)22)7-8-13(14)17/h3-8,10H,2,9H2,1H3,(H,18,20). The topological polar surface area (TPSA) is 81.5 Å². The molecule has 0 bridgehead atoms. The Bertz CT molecular complexity index is 734. The summed E-state index contributed by atoms with van der Waals surface area (Å²) in [6.45, 7) is 2.37. The predicted molar refractivity (Wildman–Crippen MR) is 83.2 cm³/mol. The van der Waals surface area contributed by atoms with E-state index in [4.69, 9.17) is 4.74 Å². The molecule has 0 fully saturated rings. The van der Waals surface area contributed by atoms with Crippen molar-refractivity contribution in [3.05, 3.63) is 64.0 Å². The second kappa shape index (κ2) is 7.35. The third-order valence-electron chi connectivity index (χ3n) is 3.00. The molecule has 0 saturated heterocycles. The van der Waals surface area contributed by atoms with E-state index in [1.54, 1.807) is 18.2 Å². The Labute approximate surface area is 132 Å². The summed E-state index contributed by atoms with van der Waals surface area (Å²) in [4.78, 5) is 22.4. The number of benzene rings is 2. The van der Waals surface area contributed by atoms with Gasteiger partial charge in [0.1, 0.15) is 11.6 Å². The largest absolute Gasteiger partial charge is 0.493 e. The molecule has 1 N–H and O–H groups in total. The molecule has 2 aromatic carbocycles. The van der Waals surface area contributed by atoms with Gasteiger partial charge in [-0.25, -0.2) is 4.39 Å². The smallest absolute Gasteiger partial charge is 0.271 e. The molecule has 0 heterocycles. The number of carbonyl (C=O) groups is 1. The van der Waals surface area contributed by atoms with E-state index in [-0.39, 0.29) is 16.9 Å². The Morgan fingerprint density at radius 3 is 2.74 bits per heavy atom. The Morgan fingerprint density at radius 1 is 1.30 bits per heavy atom. The lowest BCUT2D eigenvalue weighted by Crippen LogP contribution is -2.15. The number of nitro benzene ring substituents is 1. The van der Waals surface area contributed by atoms with Crippen LogP contribution in [0.2, 0.25) is 0 Å². The van der Waals surface area contributed by atoms with Gasteiger partial charge in [0.05, 0.1) is 22.8 Å². The van der Waals surface area contributed by atoms with Crippen LogP contribution in [-0.2, 0) is 0 Å². The van der Waals surface area contributed by atoms with Gasteiger partial charge in [0.25, 0.3) is 11.6 Å². The Balaban J connectivity index is 2.26. The highest BCUT2D eigenvalue weighted by molar-refractivity contribution is 6.06. The van der Waals surface area contributed by atoms with Crippen LogP contribution in [0.25, 0.3) is 0 Å². The van der Waals surface area contributed by atoms with Crippen LogP contribution < -0.4 is 10.1 Å². The number of amides is 1. The van der Waals surface area contributed by atoms with Gasteiger partial charge in [-0.15, -0.1) is 0 Å². The van der Waals surface area contributed by atoms with E-state index in [2.05, 4.69) is 5.32 Å². The third kappa shape index (κ3) is 4.03. The van der Waals surface area contributed by atoms with Crippen molar-refractivity contribution in [1.82, 2.24) is 0 Å². The van der Waals surface area contributed by atoms with Gasteiger partial charge in [-0.05, 0) is 24.6 Å². The molecule has 0 aliphatic heterocycles. The summed E-state index contributed by atoms with van der Waals surface area (Å²) in [7, 11) is 0. The molecular weight excluding hydrogens is 303 g/mol. The van der Waals surface area contributed by atoms with Crippen molar-refractivity contribution >= 4 is 17.3 Å². The fraction of sp³-hybridized carbons (Fsp3) is 0.188. The van der Waals surface area contributed by atoms with E-state index >= 15 is 0 Å². The number of non-ortho nitro benzene ring substituents is 1. The van der Waals surface area contributed by atoms with Crippen molar-refractivity contribution in [3.63, 3.8) is 0 Å². The van der Waals surface area contributed by atoms with Gasteiger partial charge in [-0.3, -0.25) is 14.9 Å². The number of nitrogens with zero attached hydrogens (tertiary/aromatic N) is 1. The van der Waals surface area contributed by atoms with Gasteiger partial charge in [0.15, 0.2) is 0 Å². The summed E-state index contributed by atoms with van der Waals surface area (Å²) in [5, 5.41) is 13.1. The summed E-state index contributed by atoms with van der Waals surface area (Å²) in [5.74, 6) is -0.982. The van der Waals surface area contributed by atoms with Crippen LogP contribution in [0.15, 0.2) is 42.5 Å². The summed E-state index contributed by atoms with van der Waals surface area (Å²) in [5.41, 5.74) is -0.335. The highest BCUT2D eigenvalue weighted by Gasteiger charge is 2.16. The predicted octanol–water partition coefficient (Wildman–Crippen LogP) is 3.78. The SMILES string of the molecule is CCCOc1ccccc1C(=O)Nc1cc([N+](=O)[O-])ccc1F. The Hall–Kier alpha value is -2.96. The molecule has 0 aliphatic carbocycles. The molecule has 2 rings (SSSR count). The zero-order valence-electron chi connectivity index (χ0n) is 12.4. The molecule has 0 aromatic heterocycles. The van der Waals surface area contributed by atoms with E-state index in [9.17, 15) is 19.3 Å². The van der Waals surface area contributed by atoms with Crippen molar-refractivity contribution < 1.29 is 18.8 Å². The van der Waals surface area contributed by atoms with E-state index in [1.807, 2.05) is 6.92 Å². The molecule has 23 heavy (non-hydrogen) atoms. The number of hydrogen-bond acceptors (Lipinski definition) is 4. The molecule has 0 saturated carbocycles. The summed E-state index contributed by atoms with van der Waals surface area (Å²) >= 11 is 0. The van der Waals surface area contributed by atoms with Crippen LogP contribution in [0.1, 0.15) is 23.7 Å². The van der Waals surface area contributed by atoms with Gasteiger partial charge in [0.2, 0.25) is 0 Å². The minimum absolute atomic E-state index is 0.229. The number of nitro groups is 1. The second-order valence-corrected chi connectivity index (χ2v) is 4.72. The number of para-hydroxylation sites is 1. The molecule has 0 atom stereocenters. The molecule has 7 heteroatoms. The zero-order chi connectivity index (χ0) is 16.8. The highest BCUT2D eigenvalue weighted by Crippen LogP contribution is 2.24. The Kier molecular flexibility index (Phi) is 5.24. The fourth-order valence-electron chi connectivity index (χ4n) is 1.90. The van der Waals surface area contributed by atoms with Crippen LogP contribution in [0, 0.1) is 15.9 Å². The summed E-state index contributed by atoms with van der Waals surface area (Å²) in [6.07, 6.45) is 0.773. The molecule has 0 aliphatic rings. The first kappa shape index (κ1) is 16.4. The van der Waals surface area contributed by atoms with E-state index in [0.29, 0.717) is 12.4 Å². The maximum atomic E-state index is 13.7. The first-order chi connectivity index (χ1) is 11.0. The van der Waals surface area contributed by atoms with Gasteiger partial charge in [-0.2, -0.15) is 0 Å². The van der Waals surface area contributed by atoms with Crippen LogP contribution in [-0.4, -0.2) is 17.4 Å². The van der Waals surface area contributed by atoms with Crippen LogP contribution >= 0.6 is 0 Å². The second-order valence-electron chi connectivity index (χ2n) is 4.72. The van der Waals surface area contributed by atoms with E-state index in [1.165, 1.54) is 6.07 Å². The van der Waals surface area contributed by atoms with Gasteiger partial charge in [0, 0.05) is 12.1 Å². The summed E-state index contributed by atoms with van der Waals surface area (Å²) in [6, 6.07) is 9.48. The lowest BCUT2D eigenvalue weighted by atomic mass is 10.1. The number of nitrogens with one attached hydrogen (secondary N) is 1. The first-order valence-electron chi connectivity index (χ1n) is 7.00. The van der Waals surface area contributed by atoms with Gasteiger partial charge >= 0.3 is 0 Å². The number of rotatable bonds is 6. The van der Waals surface area contributed by atoms with Gasteiger partial charge < -0.3 is 10.1 Å². The van der Waals surface area contributed by atoms with Crippen molar-refractivity contribution in [2.45, 2.75) is 13.3 Å². The minimum Gasteiger partial charge on any atom is -0.493 e. The lowest BCUT2D eigenvalue weighted by Gasteiger charge is -2.11. The monoisotopic (exact) mass is 318 g/mol. The third-order valence-corrected chi connectivity index (χ3v) is 3.00. The molecule has 0 radical (unpaired) electrons. The van der Waals surface area contributed by atoms with Crippen LogP contribution in [0.5, 0.6) is 5.75 Å². The first-order valence-corrected chi connectivity index (χ1v) is 7.00. The normalized spacial score (nSPS) is 10.2. The quantitative estimate of drug-likeness (QED) is 0.649. The molecule has 120 valence electrons. The number of halogens is 1. The molecule has 2 aromatic rings. The maximum Gasteiger partial charge on any atom is 0.271 e. The average Bonchev–Trinajstić information content (AvgIpc) is 2.55. The number of hydrogen-bond donors (Lipinski definition) is 1. The zero-order valence-corrected chi connectivity index (χ0v) is 12.4. The van der Waals surface area contributed by atoms with Crippen molar-refractivity contribution in [3.8, 4) is 5.75 Å². The molecule has 1 amide bonds. The van der Waals surface area contributed by atoms with Crippen molar-refractivity contribution in [1.29, 1.82) is 0 Å². The lowest BCUT2D eigenvalue weighted by molar-refractivity contribution is -0.384. The van der Waals surface area contributed by atoms with E-state index in [0.717, 1.165) is 24.6 Å². The highest BCUT2D eigenvalue weighted by atomic mass is 19.1.